The van der Waals surface area contributed by atoms with E-state index in [1.807, 2.05) is 0 Å². The lowest BCUT2D eigenvalue weighted by Crippen LogP contribution is -2.36. The fraction of sp³-hybridized carbons (Fsp3) is 0.111. The summed E-state index contributed by atoms with van der Waals surface area (Å²) in [6, 6.07) is 6.49. The summed E-state index contributed by atoms with van der Waals surface area (Å²) < 4.78 is 0. The first-order valence-electron chi connectivity index (χ1n) is 3.92. The van der Waals surface area contributed by atoms with Crippen LogP contribution in [0.15, 0.2) is 29.3 Å². The van der Waals surface area contributed by atoms with Gasteiger partial charge in [0.2, 0.25) is 0 Å². The van der Waals surface area contributed by atoms with Crippen LogP contribution < -0.4 is 11.1 Å². The van der Waals surface area contributed by atoms with Crippen molar-refractivity contribution in [1.82, 2.24) is 5.32 Å². The number of nitrogens with one attached hydrogen (secondary N) is 1. The molecule has 0 atom stereocenters. The number of carbonyl (C=O) groups is 1. The zero-order valence-corrected chi connectivity index (χ0v) is 8.38. The average Bonchev–Trinajstić information content (AvgIpc) is 2.18. The Bertz CT molecular complexity index is 359. The number of benzene rings is 1. The maximum Gasteiger partial charge on any atom is 0.257 e. The van der Waals surface area contributed by atoms with Gasteiger partial charge in [0.15, 0.2) is 5.96 Å². The molecule has 14 heavy (non-hydrogen) atoms. The summed E-state index contributed by atoms with van der Waals surface area (Å²) in [5.41, 5.74) is 5.82. The molecule has 1 aromatic rings. The molecule has 0 fully saturated rings. The molecule has 1 aromatic carbocycles. The van der Waals surface area contributed by atoms with Crippen molar-refractivity contribution < 1.29 is 4.79 Å². The highest BCUT2D eigenvalue weighted by molar-refractivity contribution is 6.30. The summed E-state index contributed by atoms with van der Waals surface area (Å²) >= 11 is 5.67. The Labute approximate surface area is 86.8 Å². The first-order valence-corrected chi connectivity index (χ1v) is 4.30. The molecule has 0 spiro atoms. The molecule has 0 saturated heterocycles. The number of hydrogen-bond donors (Lipinski definition) is 2. The van der Waals surface area contributed by atoms with E-state index in [9.17, 15) is 4.79 Å². The van der Waals surface area contributed by atoms with Gasteiger partial charge in [0.1, 0.15) is 0 Å². The van der Waals surface area contributed by atoms with Crippen molar-refractivity contribution in [2.45, 2.75) is 0 Å². The Morgan fingerprint density at radius 2 is 2.00 bits per heavy atom. The van der Waals surface area contributed by atoms with Gasteiger partial charge < -0.3 is 5.73 Å². The molecule has 0 unspecified atom stereocenters. The maximum atomic E-state index is 11.4. The molecule has 0 heterocycles. The molecule has 1 amide bonds. The number of nitrogens with zero attached hydrogens (tertiary/aromatic N) is 1. The standard InChI is InChI=1S/C9H10ClN3O/c1-12-9(11)13-8(14)6-2-4-7(10)5-3-6/h2-5H,1H3,(H3,11,12,13,14). The van der Waals surface area contributed by atoms with E-state index in [4.69, 9.17) is 17.3 Å². The third-order valence-corrected chi connectivity index (χ3v) is 1.84. The first kappa shape index (κ1) is 10.5. The van der Waals surface area contributed by atoms with Crippen LogP contribution in [0.25, 0.3) is 0 Å². The summed E-state index contributed by atoms with van der Waals surface area (Å²) in [6.07, 6.45) is 0. The molecule has 1 rings (SSSR count). The molecule has 0 saturated carbocycles. The predicted octanol–water partition coefficient (Wildman–Crippen LogP) is 1.01. The summed E-state index contributed by atoms with van der Waals surface area (Å²) in [4.78, 5) is 15.0. The van der Waals surface area contributed by atoms with Crippen molar-refractivity contribution in [3.8, 4) is 0 Å². The van der Waals surface area contributed by atoms with Crippen molar-refractivity contribution in [2.24, 2.45) is 10.7 Å². The number of hydrogen-bond acceptors (Lipinski definition) is 2. The minimum Gasteiger partial charge on any atom is -0.370 e. The minimum atomic E-state index is -0.301. The fourth-order valence-electron chi connectivity index (χ4n) is 0.846. The summed E-state index contributed by atoms with van der Waals surface area (Å²) in [7, 11) is 1.50. The fourth-order valence-corrected chi connectivity index (χ4v) is 0.972. The van der Waals surface area contributed by atoms with E-state index in [-0.39, 0.29) is 11.9 Å². The molecular weight excluding hydrogens is 202 g/mol. The van der Waals surface area contributed by atoms with Gasteiger partial charge in [-0.25, -0.2) is 0 Å². The quantitative estimate of drug-likeness (QED) is 0.538. The van der Waals surface area contributed by atoms with Crippen LogP contribution in [0.3, 0.4) is 0 Å². The van der Waals surface area contributed by atoms with Crippen molar-refractivity contribution in [1.29, 1.82) is 0 Å². The van der Waals surface area contributed by atoms with Gasteiger partial charge in [-0.05, 0) is 24.3 Å². The smallest absolute Gasteiger partial charge is 0.257 e. The Morgan fingerprint density at radius 1 is 1.43 bits per heavy atom. The van der Waals surface area contributed by atoms with Gasteiger partial charge >= 0.3 is 0 Å². The van der Waals surface area contributed by atoms with Crippen LogP contribution in [0.5, 0.6) is 0 Å². The second-order valence-corrected chi connectivity index (χ2v) is 3.01. The highest BCUT2D eigenvalue weighted by atomic mass is 35.5. The molecule has 0 radical (unpaired) electrons. The number of nitrogens with two attached hydrogens (primary N) is 1. The molecule has 74 valence electrons. The zero-order valence-electron chi connectivity index (χ0n) is 7.62. The molecule has 0 aromatic heterocycles. The lowest BCUT2D eigenvalue weighted by molar-refractivity contribution is 0.0976. The second kappa shape index (κ2) is 4.62. The maximum absolute atomic E-state index is 11.4. The van der Waals surface area contributed by atoms with Crippen molar-refractivity contribution in [3.05, 3.63) is 34.9 Å². The largest absolute Gasteiger partial charge is 0.370 e. The van der Waals surface area contributed by atoms with Crippen molar-refractivity contribution in [2.75, 3.05) is 7.05 Å². The Balaban J connectivity index is 2.75. The molecule has 0 aliphatic heterocycles. The molecular formula is C9H10ClN3O. The number of carbonyl (C=O) groups excluding carboxylic acids is 1. The number of rotatable bonds is 1. The van der Waals surface area contributed by atoms with Crippen molar-refractivity contribution in [3.63, 3.8) is 0 Å². The lowest BCUT2D eigenvalue weighted by Gasteiger charge is -2.02. The van der Waals surface area contributed by atoms with Gasteiger partial charge in [-0.1, -0.05) is 11.6 Å². The highest BCUT2D eigenvalue weighted by Gasteiger charge is 2.05. The zero-order chi connectivity index (χ0) is 10.6. The highest BCUT2D eigenvalue weighted by Crippen LogP contribution is 2.08. The van der Waals surface area contributed by atoms with Gasteiger partial charge in [-0.3, -0.25) is 15.1 Å². The number of halogens is 1. The number of aliphatic imine (C=N–C) groups is 1. The molecule has 4 nitrogen and oxygen atoms in total. The SMILES string of the molecule is CN=C(N)NC(=O)c1ccc(Cl)cc1. The predicted molar refractivity (Wildman–Crippen MR) is 56.5 cm³/mol. The van der Waals surface area contributed by atoms with Gasteiger partial charge in [-0.15, -0.1) is 0 Å². The van der Waals surface area contributed by atoms with Gasteiger partial charge in [0.25, 0.3) is 5.91 Å². The number of guanidine groups is 1. The van der Waals surface area contributed by atoms with Gasteiger partial charge in [0.05, 0.1) is 0 Å². The normalized spacial score (nSPS) is 11.1. The Morgan fingerprint density at radius 3 is 2.50 bits per heavy atom. The lowest BCUT2D eigenvalue weighted by atomic mass is 10.2. The van der Waals surface area contributed by atoms with Gasteiger partial charge in [0, 0.05) is 17.6 Å². The summed E-state index contributed by atoms with van der Waals surface area (Å²) in [5.74, 6) is -0.213. The topological polar surface area (TPSA) is 67.5 Å². The Kier molecular flexibility index (Phi) is 3.48. The molecule has 3 N–H and O–H groups in total. The van der Waals surface area contributed by atoms with E-state index in [1.54, 1.807) is 24.3 Å². The van der Waals surface area contributed by atoms with Crippen LogP contribution in [0, 0.1) is 0 Å². The van der Waals surface area contributed by atoms with Crippen LogP contribution in [-0.4, -0.2) is 18.9 Å². The third kappa shape index (κ3) is 2.74. The third-order valence-electron chi connectivity index (χ3n) is 1.59. The van der Waals surface area contributed by atoms with E-state index in [0.29, 0.717) is 10.6 Å². The monoisotopic (exact) mass is 211 g/mol. The van der Waals surface area contributed by atoms with Gasteiger partial charge in [-0.2, -0.15) is 0 Å². The van der Waals surface area contributed by atoms with Crippen LogP contribution in [0.4, 0.5) is 0 Å². The minimum absolute atomic E-state index is 0.0879. The first-order chi connectivity index (χ1) is 6.63. The van der Waals surface area contributed by atoms with Crippen LogP contribution in [0.1, 0.15) is 10.4 Å². The number of amides is 1. The van der Waals surface area contributed by atoms with Crippen molar-refractivity contribution >= 4 is 23.5 Å². The van der Waals surface area contributed by atoms with E-state index >= 15 is 0 Å². The van der Waals surface area contributed by atoms with E-state index < -0.39 is 0 Å². The summed E-state index contributed by atoms with van der Waals surface area (Å²) in [5, 5.41) is 2.99. The molecule has 0 bridgehead atoms. The van der Waals surface area contributed by atoms with E-state index in [2.05, 4.69) is 10.3 Å². The van der Waals surface area contributed by atoms with Crippen LogP contribution >= 0.6 is 11.6 Å². The molecule has 0 aliphatic rings. The average molecular weight is 212 g/mol. The summed E-state index contributed by atoms with van der Waals surface area (Å²) in [6.45, 7) is 0. The second-order valence-electron chi connectivity index (χ2n) is 2.57. The van der Waals surface area contributed by atoms with E-state index in [1.165, 1.54) is 7.05 Å². The van der Waals surface area contributed by atoms with E-state index in [0.717, 1.165) is 0 Å². The molecule has 5 heteroatoms. The Hall–Kier alpha value is -1.55. The van der Waals surface area contributed by atoms with Crippen LogP contribution in [-0.2, 0) is 0 Å². The van der Waals surface area contributed by atoms with Crippen LogP contribution in [0.2, 0.25) is 5.02 Å². The molecule has 0 aliphatic carbocycles.